The molecule has 0 radical (unpaired) electrons. The topological polar surface area (TPSA) is 53.7 Å². The van der Waals surface area contributed by atoms with Crippen molar-refractivity contribution in [1.29, 1.82) is 0 Å². The van der Waals surface area contributed by atoms with Crippen LogP contribution in [0.2, 0.25) is 0 Å². The molecule has 1 unspecified atom stereocenters. The molecule has 1 aromatic heterocycles. The number of rotatable bonds is 8. The molecule has 1 atom stereocenters. The van der Waals surface area contributed by atoms with Crippen molar-refractivity contribution >= 4 is 34.5 Å². The average Bonchev–Trinajstić information content (AvgIpc) is 2.79. The molecule has 0 amide bonds. The maximum atomic E-state index is 6.02. The van der Waals surface area contributed by atoms with Crippen LogP contribution >= 0.6 is 11.3 Å². The first kappa shape index (κ1) is 16.4. The third-order valence-corrected chi connectivity index (χ3v) is 12.9. The Bertz CT molecular complexity index is 340. The first-order valence-corrected chi connectivity index (χ1v) is 12.2. The van der Waals surface area contributed by atoms with E-state index in [4.69, 9.17) is 15.0 Å². The molecule has 0 aliphatic heterocycles. The van der Waals surface area contributed by atoms with E-state index in [9.17, 15) is 0 Å². The molecule has 104 valence electrons. The molecule has 18 heavy (non-hydrogen) atoms. The zero-order valence-corrected chi connectivity index (χ0v) is 15.2. The standard InChI is InChI=1S/C6H8NS.3C2H5O.Sn/c1-5(7)6-3-2-4-8-6;3*1-2-3;/h2,4-5H,7H2,1H3;3*2H2,1H3;/q;3*-1;+3. The molecule has 1 heterocycles. The van der Waals surface area contributed by atoms with Gasteiger partial charge in [0.15, 0.2) is 0 Å². The SMILES string of the molecule is CC[O][Sn]([O]CC)([O]CC)[c]1ccsc1C(C)N. The van der Waals surface area contributed by atoms with Crippen molar-refractivity contribution in [1.82, 2.24) is 0 Å². The van der Waals surface area contributed by atoms with E-state index in [-0.39, 0.29) is 6.04 Å². The third kappa shape index (κ3) is 3.68. The maximum absolute atomic E-state index is 6.02. The fourth-order valence-electron chi connectivity index (χ4n) is 1.85. The molecule has 4 nitrogen and oxygen atoms in total. The molecule has 1 rings (SSSR count). The molecular weight excluding hydrogens is 357 g/mol. The van der Waals surface area contributed by atoms with Gasteiger partial charge in [0.1, 0.15) is 0 Å². The van der Waals surface area contributed by atoms with E-state index in [1.54, 1.807) is 11.3 Å². The Labute approximate surface area is 119 Å². The van der Waals surface area contributed by atoms with Crippen molar-refractivity contribution in [3.63, 3.8) is 0 Å². The van der Waals surface area contributed by atoms with Crippen LogP contribution in [-0.2, 0) is 9.22 Å². The monoisotopic (exact) mass is 381 g/mol. The molecule has 0 fully saturated rings. The van der Waals surface area contributed by atoms with E-state index in [2.05, 4.69) is 6.07 Å². The molecule has 0 saturated heterocycles. The van der Waals surface area contributed by atoms with E-state index >= 15 is 0 Å². The minimum atomic E-state index is -3.65. The third-order valence-electron chi connectivity index (χ3n) is 2.44. The predicted molar refractivity (Wildman–Crippen MR) is 77.2 cm³/mol. The van der Waals surface area contributed by atoms with Gasteiger partial charge in [0.2, 0.25) is 0 Å². The van der Waals surface area contributed by atoms with E-state index in [1.165, 1.54) is 0 Å². The van der Waals surface area contributed by atoms with Crippen molar-refractivity contribution in [3.8, 4) is 0 Å². The van der Waals surface area contributed by atoms with Crippen LogP contribution < -0.4 is 9.31 Å². The molecule has 0 aliphatic rings. The van der Waals surface area contributed by atoms with Crippen LogP contribution in [0.5, 0.6) is 0 Å². The number of hydrogen-bond donors (Lipinski definition) is 1. The summed E-state index contributed by atoms with van der Waals surface area (Å²) in [6.45, 7) is 9.71. The number of thiophene rings is 1. The zero-order chi connectivity index (χ0) is 13.6. The summed E-state index contributed by atoms with van der Waals surface area (Å²) in [5.74, 6) is 0. The van der Waals surface area contributed by atoms with Crippen LogP contribution in [0, 0.1) is 0 Å². The number of hydrogen-bond acceptors (Lipinski definition) is 5. The van der Waals surface area contributed by atoms with E-state index in [0.29, 0.717) is 19.8 Å². The van der Waals surface area contributed by atoms with Gasteiger partial charge < -0.3 is 0 Å². The first-order chi connectivity index (χ1) is 8.61. The van der Waals surface area contributed by atoms with Gasteiger partial charge >= 0.3 is 119 Å². The second-order valence-corrected chi connectivity index (χ2v) is 12.0. The van der Waals surface area contributed by atoms with Crippen molar-refractivity contribution in [2.24, 2.45) is 5.73 Å². The zero-order valence-electron chi connectivity index (χ0n) is 11.6. The van der Waals surface area contributed by atoms with Crippen molar-refractivity contribution in [2.45, 2.75) is 33.7 Å². The summed E-state index contributed by atoms with van der Waals surface area (Å²) in [4.78, 5) is 1.13. The Balaban J connectivity index is 3.17. The summed E-state index contributed by atoms with van der Waals surface area (Å²) < 4.78 is 19.0. The second kappa shape index (κ2) is 7.81. The molecular formula is C12H23NO3SSn. The Morgan fingerprint density at radius 2 is 1.67 bits per heavy atom. The van der Waals surface area contributed by atoms with Gasteiger partial charge in [-0.05, 0) is 0 Å². The molecule has 0 bridgehead atoms. The van der Waals surface area contributed by atoms with Crippen LogP contribution in [0.3, 0.4) is 0 Å². The minimum absolute atomic E-state index is 0.0163. The van der Waals surface area contributed by atoms with Gasteiger partial charge in [-0.2, -0.15) is 0 Å². The van der Waals surface area contributed by atoms with Crippen LogP contribution in [-0.4, -0.2) is 39.4 Å². The van der Waals surface area contributed by atoms with Crippen LogP contribution in [0.4, 0.5) is 0 Å². The molecule has 0 saturated carbocycles. The Kier molecular flexibility index (Phi) is 7.12. The number of nitrogens with two attached hydrogens (primary N) is 1. The second-order valence-electron chi connectivity index (χ2n) is 3.84. The van der Waals surface area contributed by atoms with Crippen LogP contribution in [0.25, 0.3) is 0 Å². The summed E-state index contributed by atoms with van der Waals surface area (Å²) in [6, 6.07) is 2.04. The van der Waals surface area contributed by atoms with Gasteiger partial charge in [0.25, 0.3) is 0 Å². The first-order valence-electron chi connectivity index (χ1n) is 6.36. The van der Waals surface area contributed by atoms with Gasteiger partial charge in [-0.25, -0.2) is 0 Å². The van der Waals surface area contributed by atoms with Crippen molar-refractivity contribution in [2.75, 3.05) is 19.8 Å². The summed E-state index contributed by atoms with van der Waals surface area (Å²) in [5, 5.41) is 2.04. The summed E-state index contributed by atoms with van der Waals surface area (Å²) in [6.07, 6.45) is 0. The van der Waals surface area contributed by atoms with E-state index in [0.717, 1.165) is 8.46 Å². The molecule has 2 N–H and O–H groups in total. The Morgan fingerprint density at radius 3 is 2.06 bits per heavy atom. The van der Waals surface area contributed by atoms with Crippen molar-refractivity contribution in [3.05, 3.63) is 16.3 Å². The molecule has 0 spiro atoms. The Morgan fingerprint density at radius 1 is 1.17 bits per heavy atom. The summed E-state index contributed by atoms with van der Waals surface area (Å²) >= 11 is -2.00. The van der Waals surface area contributed by atoms with Gasteiger partial charge in [-0.15, -0.1) is 0 Å². The van der Waals surface area contributed by atoms with Gasteiger partial charge in [-0.1, -0.05) is 0 Å². The normalized spacial score (nSPS) is 13.8. The van der Waals surface area contributed by atoms with Gasteiger partial charge in [0.05, 0.1) is 0 Å². The molecule has 1 aromatic rings. The molecule has 0 aliphatic carbocycles. The van der Waals surface area contributed by atoms with Crippen molar-refractivity contribution < 1.29 is 9.22 Å². The molecule has 6 heteroatoms. The quantitative estimate of drug-likeness (QED) is 0.702. The fraction of sp³-hybridized carbons (Fsp3) is 0.667. The Hall–Kier alpha value is 0.339. The van der Waals surface area contributed by atoms with Crippen LogP contribution in [0.15, 0.2) is 11.4 Å². The average molecular weight is 380 g/mol. The van der Waals surface area contributed by atoms with E-state index in [1.807, 2.05) is 33.1 Å². The summed E-state index contributed by atoms with van der Waals surface area (Å²) in [7, 11) is 0. The van der Waals surface area contributed by atoms with Gasteiger partial charge in [-0.3, -0.25) is 0 Å². The van der Waals surface area contributed by atoms with E-state index < -0.39 is 19.6 Å². The van der Waals surface area contributed by atoms with Crippen LogP contribution in [0.1, 0.15) is 38.6 Å². The van der Waals surface area contributed by atoms with Gasteiger partial charge in [0, 0.05) is 0 Å². The fourth-order valence-corrected chi connectivity index (χ4v) is 11.9. The summed E-state index contributed by atoms with van der Waals surface area (Å²) in [5.41, 5.74) is 6.02. The molecule has 0 aromatic carbocycles. The predicted octanol–water partition coefficient (Wildman–Crippen LogP) is 2.02.